The summed E-state index contributed by atoms with van der Waals surface area (Å²) in [6, 6.07) is 0. The molecule has 0 aliphatic heterocycles. The van der Waals surface area contributed by atoms with Crippen molar-refractivity contribution in [3.8, 4) is 0 Å². The summed E-state index contributed by atoms with van der Waals surface area (Å²) >= 11 is 0. The zero-order valence-electron chi connectivity index (χ0n) is 8.64. The average molecular weight is 175 g/mol. The fraction of sp³-hybridized carbons (Fsp3) is 1.00. The SMILES string of the molecule is CCCOC(C)(NC)OCCC. The van der Waals surface area contributed by atoms with E-state index < -0.39 is 5.91 Å². The summed E-state index contributed by atoms with van der Waals surface area (Å²) in [5.41, 5.74) is 0. The number of hydrogen-bond donors (Lipinski definition) is 1. The highest BCUT2D eigenvalue weighted by Crippen LogP contribution is 2.08. The molecule has 12 heavy (non-hydrogen) atoms. The lowest BCUT2D eigenvalue weighted by molar-refractivity contribution is -0.241. The Labute approximate surface area is 75.4 Å². The van der Waals surface area contributed by atoms with Crippen LogP contribution in [-0.4, -0.2) is 26.2 Å². The standard InChI is InChI=1S/C9H21NO2/c1-5-7-11-9(3,10-4)12-8-6-2/h10H,5-8H2,1-4H3. The summed E-state index contributed by atoms with van der Waals surface area (Å²) in [5.74, 6) is -0.605. The van der Waals surface area contributed by atoms with Crippen molar-refractivity contribution in [2.45, 2.75) is 39.5 Å². The molecule has 0 atom stereocenters. The molecule has 0 unspecified atom stereocenters. The Morgan fingerprint density at radius 2 is 1.50 bits per heavy atom. The topological polar surface area (TPSA) is 30.5 Å². The van der Waals surface area contributed by atoms with Crippen molar-refractivity contribution in [3.05, 3.63) is 0 Å². The van der Waals surface area contributed by atoms with E-state index in [4.69, 9.17) is 9.47 Å². The van der Waals surface area contributed by atoms with Crippen LogP contribution in [0.25, 0.3) is 0 Å². The van der Waals surface area contributed by atoms with Gasteiger partial charge in [-0.25, -0.2) is 0 Å². The molecule has 0 amide bonds. The monoisotopic (exact) mass is 175 g/mol. The van der Waals surface area contributed by atoms with E-state index in [1.165, 1.54) is 0 Å². The first-order chi connectivity index (χ1) is 5.68. The second-order valence-corrected chi connectivity index (χ2v) is 2.89. The van der Waals surface area contributed by atoms with E-state index in [0.29, 0.717) is 0 Å². The second kappa shape index (κ2) is 6.40. The maximum absolute atomic E-state index is 5.50. The van der Waals surface area contributed by atoms with Crippen LogP contribution in [0.1, 0.15) is 33.6 Å². The molecular formula is C9H21NO2. The Morgan fingerprint density at radius 1 is 1.08 bits per heavy atom. The van der Waals surface area contributed by atoms with E-state index in [1.54, 1.807) is 0 Å². The van der Waals surface area contributed by atoms with Gasteiger partial charge in [0.1, 0.15) is 0 Å². The number of rotatable bonds is 7. The molecule has 0 heterocycles. The number of nitrogens with one attached hydrogen (secondary N) is 1. The third kappa shape index (κ3) is 4.70. The Balaban J connectivity index is 3.70. The Hall–Kier alpha value is -0.120. The predicted molar refractivity (Wildman–Crippen MR) is 50.0 cm³/mol. The smallest absolute Gasteiger partial charge is 0.224 e. The summed E-state index contributed by atoms with van der Waals surface area (Å²) in [7, 11) is 1.84. The zero-order valence-corrected chi connectivity index (χ0v) is 8.64. The molecule has 3 heteroatoms. The first-order valence-electron chi connectivity index (χ1n) is 4.65. The lowest BCUT2D eigenvalue weighted by atomic mass is 10.4. The molecule has 0 aromatic rings. The van der Waals surface area contributed by atoms with Gasteiger partial charge in [-0.05, 0) is 19.9 Å². The minimum absolute atomic E-state index is 0.605. The van der Waals surface area contributed by atoms with E-state index in [2.05, 4.69) is 19.2 Å². The fourth-order valence-electron chi connectivity index (χ4n) is 0.780. The first kappa shape index (κ1) is 11.9. The minimum atomic E-state index is -0.605. The Bertz CT molecular complexity index is 98.7. The van der Waals surface area contributed by atoms with E-state index >= 15 is 0 Å². The van der Waals surface area contributed by atoms with E-state index in [1.807, 2.05) is 14.0 Å². The third-order valence-electron chi connectivity index (χ3n) is 1.62. The number of ether oxygens (including phenoxy) is 2. The molecule has 0 aromatic carbocycles. The lowest BCUT2D eigenvalue weighted by Gasteiger charge is -2.29. The van der Waals surface area contributed by atoms with Crippen molar-refractivity contribution in [3.63, 3.8) is 0 Å². The van der Waals surface area contributed by atoms with Crippen molar-refractivity contribution in [2.24, 2.45) is 0 Å². The minimum Gasteiger partial charge on any atom is -0.338 e. The molecule has 0 radical (unpaired) electrons. The average Bonchev–Trinajstić information content (AvgIpc) is 2.11. The summed E-state index contributed by atoms with van der Waals surface area (Å²) < 4.78 is 11.0. The Kier molecular flexibility index (Phi) is 6.34. The molecule has 0 spiro atoms. The van der Waals surface area contributed by atoms with Gasteiger partial charge in [-0.2, -0.15) is 0 Å². The normalized spacial score (nSPS) is 12.0. The highest BCUT2D eigenvalue weighted by atomic mass is 16.7. The predicted octanol–water partition coefficient (Wildman–Crippen LogP) is 1.73. The molecule has 0 saturated carbocycles. The van der Waals surface area contributed by atoms with Gasteiger partial charge in [0.2, 0.25) is 5.91 Å². The fourth-order valence-corrected chi connectivity index (χ4v) is 0.780. The van der Waals surface area contributed by atoms with Gasteiger partial charge in [0.05, 0.1) is 13.2 Å². The van der Waals surface area contributed by atoms with Crippen molar-refractivity contribution >= 4 is 0 Å². The highest BCUT2D eigenvalue weighted by Gasteiger charge is 2.21. The molecule has 0 aromatic heterocycles. The van der Waals surface area contributed by atoms with Crippen LogP contribution in [0.3, 0.4) is 0 Å². The van der Waals surface area contributed by atoms with Gasteiger partial charge in [-0.15, -0.1) is 0 Å². The molecule has 3 nitrogen and oxygen atoms in total. The molecule has 0 bridgehead atoms. The molecule has 0 rings (SSSR count). The van der Waals surface area contributed by atoms with Crippen LogP contribution in [0.4, 0.5) is 0 Å². The molecule has 0 aliphatic rings. The third-order valence-corrected chi connectivity index (χ3v) is 1.62. The van der Waals surface area contributed by atoms with Crippen LogP contribution in [0, 0.1) is 0 Å². The van der Waals surface area contributed by atoms with Crippen LogP contribution >= 0.6 is 0 Å². The van der Waals surface area contributed by atoms with Crippen molar-refractivity contribution < 1.29 is 9.47 Å². The largest absolute Gasteiger partial charge is 0.338 e. The second-order valence-electron chi connectivity index (χ2n) is 2.89. The summed E-state index contributed by atoms with van der Waals surface area (Å²) in [5, 5.41) is 3.00. The summed E-state index contributed by atoms with van der Waals surface area (Å²) in [6.45, 7) is 7.51. The van der Waals surface area contributed by atoms with Crippen molar-refractivity contribution in [2.75, 3.05) is 20.3 Å². The van der Waals surface area contributed by atoms with Gasteiger partial charge in [0.15, 0.2) is 0 Å². The van der Waals surface area contributed by atoms with E-state index in [9.17, 15) is 0 Å². The van der Waals surface area contributed by atoms with Gasteiger partial charge in [-0.3, -0.25) is 5.32 Å². The molecule has 1 N–H and O–H groups in total. The summed E-state index contributed by atoms with van der Waals surface area (Å²) in [6.07, 6.45) is 2.01. The van der Waals surface area contributed by atoms with Gasteiger partial charge in [-0.1, -0.05) is 13.8 Å². The van der Waals surface area contributed by atoms with Gasteiger partial charge >= 0.3 is 0 Å². The maximum atomic E-state index is 5.50. The van der Waals surface area contributed by atoms with Crippen LogP contribution in [0.2, 0.25) is 0 Å². The molecule has 0 fully saturated rings. The van der Waals surface area contributed by atoms with Crippen LogP contribution in [-0.2, 0) is 9.47 Å². The molecular weight excluding hydrogens is 154 g/mol. The van der Waals surface area contributed by atoms with E-state index in [-0.39, 0.29) is 0 Å². The Morgan fingerprint density at radius 3 is 1.75 bits per heavy atom. The van der Waals surface area contributed by atoms with Crippen LogP contribution in [0.5, 0.6) is 0 Å². The van der Waals surface area contributed by atoms with Crippen LogP contribution in [0.15, 0.2) is 0 Å². The highest BCUT2D eigenvalue weighted by molar-refractivity contribution is 4.55. The zero-order chi connectivity index (χ0) is 9.45. The molecule has 0 aliphatic carbocycles. The van der Waals surface area contributed by atoms with E-state index in [0.717, 1.165) is 26.1 Å². The van der Waals surface area contributed by atoms with Gasteiger partial charge in [0.25, 0.3) is 0 Å². The number of hydrogen-bond acceptors (Lipinski definition) is 3. The molecule has 74 valence electrons. The van der Waals surface area contributed by atoms with Crippen LogP contribution < -0.4 is 5.32 Å². The van der Waals surface area contributed by atoms with Crippen molar-refractivity contribution in [1.82, 2.24) is 5.32 Å². The van der Waals surface area contributed by atoms with Gasteiger partial charge in [0, 0.05) is 6.92 Å². The first-order valence-corrected chi connectivity index (χ1v) is 4.65. The van der Waals surface area contributed by atoms with Crippen molar-refractivity contribution in [1.29, 1.82) is 0 Å². The lowest BCUT2D eigenvalue weighted by Crippen LogP contribution is -2.45. The quantitative estimate of drug-likeness (QED) is 0.598. The molecule has 0 saturated heterocycles. The summed E-state index contributed by atoms with van der Waals surface area (Å²) in [4.78, 5) is 0. The van der Waals surface area contributed by atoms with Gasteiger partial charge < -0.3 is 9.47 Å². The maximum Gasteiger partial charge on any atom is 0.224 e.